The molecule has 0 bridgehead atoms. The molecule has 13 heavy (non-hydrogen) atoms. The van der Waals surface area contributed by atoms with Gasteiger partial charge in [-0.2, -0.15) is 0 Å². The van der Waals surface area contributed by atoms with Crippen molar-refractivity contribution in [2.45, 2.75) is 46.6 Å². The Balaban J connectivity index is 2.56. The summed E-state index contributed by atoms with van der Waals surface area (Å²) in [5.74, 6) is 0.987. The van der Waals surface area contributed by atoms with Gasteiger partial charge in [0.05, 0.1) is 0 Å². The topological polar surface area (TPSA) is 20.3 Å². The van der Waals surface area contributed by atoms with Crippen molar-refractivity contribution in [3.63, 3.8) is 0 Å². The summed E-state index contributed by atoms with van der Waals surface area (Å²) < 4.78 is 0. The van der Waals surface area contributed by atoms with Crippen molar-refractivity contribution in [1.82, 2.24) is 4.90 Å². The van der Waals surface area contributed by atoms with E-state index < -0.39 is 0 Å². The van der Waals surface area contributed by atoms with Gasteiger partial charge in [0.2, 0.25) is 5.91 Å². The summed E-state index contributed by atoms with van der Waals surface area (Å²) in [6.45, 7) is 9.39. The van der Waals surface area contributed by atoms with Crippen LogP contribution in [0.2, 0.25) is 0 Å². The predicted molar refractivity (Wildman–Crippen MR) is 54.4 cm³/mol. The van der Waals surface area contributed by atoms with Gasteiger partial charge < -0.3 is 4.90 Å². The first-order chi connectivity index (χ1) is 6.04. The van der Waals surface area contributed by atoms with Crippen molar-refractivity contribution in [2.75, 3.05) is 6.54 Å². The van der Waals surface area contributed by atoms with E-state index in [4.69, 9.17) is 0 Å². The van der Waals surface area contributed by atoms with E-state index in [2.05, 4.69) is 20.8 Å². The maximum atomic E-state index is 11.9. The number of carbonyl (C=O) groups excluding carboxylic acids is 1. The Morgan fingerprint density at radius 3 is 2.38 bits per heavy atom. The van der Waals surface area contributed by atoms with Crippen LogP contribution in [0.1, 0.15) is 40.5 Å². The van der Waals surface area contributed by atoms with E-state index >= 15 is 0 Å². The molecule has 2 atom stereocenters. The van der Waals surface area contributed by atoms with Crippen molar-refractivity contribution in [2.24, 2.45) is 11.8 Å². The lowest BCUT2D eigenvalue weighted by molar-refractivity contribution is -0.136. The molecule has 0 aromatic rings. The van der Waals surface area contributed by atoms with Crippen LogP contribution in [0.5, 0.6) is 0 Å². The van der Waals surface area contributed by atoms with Crippen LogP contribution < -0.4 is 0 Å². The van der Waals surface area contributed by atoms with Crippen molar-refractivity contribution < 1.29 is 4.79 Å². The fourth-order valence-electron chi connectivity index (χ4n) is 1.81. The van der Waals surface area contributed by atoms with Crippen molar-refractivity contribution in [3.8, 4) is 0 Å². The Morgan fingerprint density at radius 2 is 2.00 bits per heavy atom. The van der Waals surface area contributed by atoms with Crippen LogP contribution in [0.15, 0.2) is 0 Å². The van der Waals surface area contributed by atoms with E-state index in [1.54, 1.807) is 0 Å². The number of carbonyl (C=O) groups is 1. The van der Waals surface area contributed by atoms with Crippen LogP contribution in [0, 0.1) is 11.8 Å². The highest BCUT2D eigenvalue weighted by atomic mass is 16.2. The number of hydrogen-bond acceptors (Lipinski definition) is 1. The highest BCUT2D eigenvalue weighted by Crippen LogP contribution is 2.21. The van der Waals surface area contributed by atoms with Crippen molar-refractivity contribution in [3.05, 3.63) is 0 Å². The minimum atomic E-state index is 0.181. The first-order valence-corrected chi connectivity index (χ1v) is 5.34. The van der Waals surface area contributed by atoms with Gasteiger partial charge in [0.25, 0.3) is 0 Å². The van der Waals surface area contributed by atoms with Gasteiger partial charge in [-0.3, -0.25) is 4.79 Å². The molecule has 2 nitrogen and oxygen atoms in total. The smallest absolute Gasteiger partial charge is 0.225 e. The zero-order valence-electron chi connectivity index (χ0n) is 9.21. The molecule has 0 radical (unpaired) electrons. The molecule has 1 aliphatic heterocycles. The Morgan fingerprint density at radius 1 is 1.38 bits per heavy atom. The van der Waals surface area contributed by atoms with Gasteiger partial charge in [0, 0.05) is 18.5 Å². The van der Waals surface area contributed by atoms with Crippen molar-refractivity contribution in [1.29, 1.82) is 0 Å². The van der Waals surface area contributed by atoms with Gasteiger partial charge in [-0.25, -0.2) is 0 Å². The first-order valence-electron chi connectivity index (χ1n) is 5.34. The second-order valence-electron chi connectivity index (χ2n) is 4.56. The van der Waals surface area contributed by atoms with Gasteiger partial charge in [-0.15, -0.1) is 0 Å². The molecule has 0 saturated carbocycles. The third kappa shape index (κ3) is 2.23. The van der Waals surface area contributed by atoms with E-state index in [9.17, 15) is 4.79 Å². The Labute approximate surface area is 81.3 Å². The van der Waals surface area contributed by atoms with Gasteiger partial charge >= 0.3 is 0 Å². The molecule has 1 saturated heterocycles. The number of rotatable bonds is 2. The molecule has 2 heteroatoms. The lowest BCUT2D eigenvalue weighted by atomic mass is 9.96. The molecule has 76 valence electrons. The molecule has 0 aliphatic carbocycles. The largest absolute Gasteiger partial charge is 0.340 e. The van der Waals surface area contributed by atoms with Gasteiger partial charge in [0.15, 0.2) is 0 Å². The molecule has 0 N–H and O–H groups in total. The standard InChI is InChI=1S/C11H21NO/c1-8(2)10(4)11(13)12-7-5-6-9(12)3/h8-10H,5-7H2,1-4H3/t9-,10?/m1/s1. The SMILES string of the molecule is CC(C)C(C)C(=O)N1CCC[C@H]1C. The quantitative estimate of drug-likeness (QED) is 0.643. The molecule has 1 fully saturated rings. The van der Waals surface area contributed by atoms with Gasteiger partial charge in [-0.05, 0) is 25.7 Å². The van der Waals surface area contributed by atoms with Crippen LogP contribution in [-0.2, 0) is 4.79 Å². The summed E-state index contributed by atoms with van der Waals surface area (Å²) in [7, 11) is 0. The molecule has 1 amide bonds. The lowest BCUT2D eigenvalue weighted by Gasteiger charge is -2.26. The van der Waals surface area contributed by atoms with Crippen LogP contribution in [-0.4, -0.2) is 23.4 Å². The van der Waals surface area contributed by atoms with E-state index in [-0.39, 0.29) is 5.92 Å². The second kappa shape index (κ2) is 4.12. The van der Waals surface area contributed by atoms with Crippen LogP contribution in [0.3, 0.4) is 0 Å². The summed E-state index contributed by atoms with van der Waals surface area (Å²) in [4.78, 5) is 14.0. The Hall–Kier alpha value is -0.530. The highest BCUT2D eigenvalue weighted by Gasteiger charge is 2.29. The van der Waals surface area contributed by atoms with Gasteiger partial charge in [-0.1, -0.05) is 20.8 Å². The molecule has 0 aromatic heterocycles. The average Bonchev–Trinajstić information content (AvgIpc) is 2.48. The summed E-state index contributed by atoms with van der Waals surface area (Å²) in [5.41, 5.74) is 0. The molecule has 1 aliphatic rings. The number of hydrogen-bond donors (Lipinski definition) is 0. The highest BCUT2D eigenvalue weighted by molar-refractivity contribution is 5.79. The number of likely N-dealkylation sites (tertiary alicyclic amines) is 1. The minimum Gasteiger partial charge on any atom is -0.340 e. The van der Waals surface area contributed by atoms with E-state index in [0.29, 0.717) is 17.9 Å². The summed E-state index contributed by atoms with van der Waals surface area (Å²) in [6, 6.07) is 0.466. The minimum absolute atomic E-state index is 0.181. The summed E-state index contributed by atoms with van der Waals surface area (Å²) in [6.07, 6.45) is 2.36. The average molecular weight is 183 g/mol. The third-order valence-corrected chi connectivity index (χ3v) is 3.23. The zero-order valence-corrected chi connectivity index (χ0v) is 9.21. The maximum absolute atomic E-state index is 11.9. The monoisotopic (exact) mass is 183 g/mol. The Kier molecular flexibility index (Phi) is 3.34. The fraction of sp³-hybridized carbons (Fsp3) is 0.909. The molecular formula is C11H21NO. The number of amides is 1. The first kappa shape index (κ1) is 10.6. The van der Waals surface area contributed by atoms with E-state index in [0.717, 1.165) is 6.54 Å². The fourth-order valence-corrected chi connectivity index (χ4v) is 1.81. The molecule has 1 unspecified atom stereocenters. The van der Waals surface area contributed by atoms with E-state index in [1.807, 2.05) is 11.8 Å². The summed E-state index contributed by atoms with van der Waals surface area (Å²) >= 11 is 0. The zero-order chi connectivity index (χ0) is 10.0. The maximum Gasteiger partial charge on any atom is 0.225 e. The molecule has 0 spiro atoms. The van der Waals surface area contributed by atoms with Gasteiger partial charge in [0.1, 0.15) is 0 Å². The van der Waals surface area contributed by atoms with Crippen LogP contribution >= 0.6 is 0 Å². The number of nitrogens with zero attached hydrogens (tertiary/aromatic N) is 1. The molecule has 1 rings (SSSR count). The summed E-state index contributed by atoms with van der Waals surface area (Å²) in [5, 5.41) is 0. The van der Waals surface area contributed by atoms with Crippen LogP contribution in [0.4, 0.5) is 0 Å². The van der Waals surface area contributed by atoms with E-state index in [1.165, 1.54) is 12.8 Å². The molecular weight excluding hydrogens is 162 g/mol. The lowest BCUT2D eigenvalue weighted by Crippen LogP contribution is -2.38. The normalized spacial score (nSPS) is 25.3. The third-order valence-electron chi connectivity index (χ3n) is 3.23. The second-order valence-corrected chi connectivity index (χ2v) is 4.56. The predicted octanol–water partition coefficient (Wildman–Crippen LogP) is 2.29. The Bertz CT molecular complexity index is 189. The molecule has 1 heterocycles. The van der Waals surface area contributed by atoms with Crippen LogP contribution in [0.25, 0.3) is 0 Å². The molecule has 0 aromatic carbocycles. The van der Waals surface area contributed by atoms with Crippen molar-refractivity contribution >= 4 is 5.91 Å².